The highest BCUT2D eigenvalue weighted by Crippen LogP contribution is 2.14. The summed E-state index contributed by atoms with van der Waals surface area (Å²) in [6.45, 7) is 3.05. The van der Waals surface area contributed by atoms with Gasteiger partial charge in [-0.15, -0.1) is 0 Å². The summed E-state index contributed by atoms with van der Waals surface area (Å²) in [6.07, 6.45) is 8.91. The van der Waals surface area contributed by atoms with Crippen molar-refractivity contribution in [3.8, 4) is 11.4 Å². The van der Waals surface area contributed by atoms with E-state index >= 15 is 0 Å². The van der Waals surface area contributed by atoms with Gasteiger partial charge in [0.2, 0.25) is 0 Å². The zero-order chi connectivity index (χ0) is 10.7. The lowest BCUT2D eigenvalue weighted by atomic mass is 10.3. The number of nitrogens with zero attached hydrogens (tertiary/aromatic N) is 4. The topological polar surface area (TPSA) is 55.9 Å². The van der Waals surface area contributed by atoms with Crippen LogP contribution in [0.25, 0.3) is 11.4 Å². The fourth-order valence-electron chi connectivity index (χ4n) is 1.43. The molecule has 0 aliphatic heterocycles. The number of aryl methyl sites for hydroxylation is 1. The molecule has 0 unspecified atom stereocenters. The van der Waals surface area contributed by atoms with Gasteiger partial charge < -0.3 is 5.21 Å². The first kappa shape index (κ1) is 9.76. The van der Waals surface area contributed by atoms with Gasteiger partial charge in [0.05, 0.1) is 18.0 Å². The maximum Gasteiger partial charge on any atom is 0.178 e. The van der Waals surface area contributed by atoms with Crippen molar-refractivity contribution in [2.45, 2.75) is 26.3 Å². The summed E-state index contributed by atoms with van der Waals surface area (Å²) in [5.41, 5.74) is 0.832. The molecule has 1 N–H and O–H groups in total. The second-order valence-electron chi connectivity index (χ2n) is 3.44. The van der Waals surface area contributed by atoms with E-state index in [4.69, 9.17) is 0 Å². The predicted octanol–water partition coefficient (Wildman–Crippen LogP) is 1.78. The molecule has 0 spiro atoms. The first-order chi connectivity index (χ1) is 7.31. The van der Waals surface area contributed by atoms with Crippen LogP contribution < -0.4 is 0 Å². The van der Waals surface area contributed by atoms with Crippen LogP contribution in [0.1, 0.15) is 19.8 Å². The minimum atomic E-state index is 0.526. The normalized spacial score (nSPS) is 10.7. The minimum Gasteiger partial charge on any atom is -0.427 e. The van der Waals surface area contributed by atoms with Crippen LogP contribution in [0, 0.1) is 0 Å². The van der Waals surface area contributed by atoms with Crippen molar-refractivity contribution in [3.05, 3.63) is 24.8 Å². The van der Waals surface area contributed by atoms with Gasteiger partial charge in [0.25, 0.3) is 0 Å². The van der Waals surface area contributed by atoms with E-state index in [9.17, 15) is 5.21 Å². The largest absolute Gasteiger partial charge is 0.427 e. The Bertz CT molecular complexity index is 432. The Morgan fingerprint density at radius 3 is 3.00 bits per heavy atom. The highest BCUT2D eigenvalue weighted by molar-refractivity contribution is 5.52. The number of unbranched alkanes of at least 4 members (excludes halogenated alkanes) is 1. The van der Waals surface area contributed by atoms with Crippen LogP contribution in [0.3, 0.4) is 0 Å². The van der Waals surface area contributed by atoms with Gasteiger partial charge in [-0.05, 0) is 6.42 Å². The number of aromatic nitrogens is 4. The lowest BCUT2D eigenvalue weighted by Gasteiger charge is -1.97. The molecule has 15 heavy (non-hydrogen) atoms. The molecule has 2 aromatic rings. The van der Waals surface area contributed by atoms with Crippen molar-refractivity contribution in [2.24, 2.45) is 0 Å². The third-order valence-corrected chi connectivity index (χ3v) is 2.25. The van der Waals surface area contributed by atoms with Gasteiger partial charge in [-0.25, -0.2) is 4.98 Å². The zero-order valence-corrected chi connectivity index (χ0v) is 8.67. The molecule has 0 atom stereocenters. The summed E-state index contributed by atoms with van der Waals surface area (Å²) in [5, 5.41) is 13.6. The van der Waals surface area contributed by atoms with Crippen LogP contribution in [-0.4, -0.2) is 24.7 Å². The Hall–Kier alpha value is -1.78. The first-order valence-corrected chi connectivity index (χ1v) is 5.06. The standard InChI is InChI=1S/C10H14N4O/c1-2-3-5-13-8-9(7-12-13)10-11-4-6-14(10)15/h4,6-8,15H,2-3,5H2,1H3. The summed E-state index contributed by atoms with van der Waals surface area (Å²) >= 11 is 0. The fourth-order valence-corrected chi connectivity index (χ4v) is 1.43. The predicted molar refractivity (Wildman–Crippen MR) is 55.5 cm³/mol. The average Bonchev–Trinajstić information content (AvgIpc) is 2.83. The van der Waals surface area contributed by atoms with E-state index < -0.39 is 0 Å². The van der Waals surface area contributed by atoms with Crippen LogP contribution >= 0.6 is 0 Å². The molecular weight excluding hydrogens is 192 g/mol. The van der Waals surface area contributed by atoms with Gasteiger partial charge in [-0.1, -0.05) is 13.3 Å². The number of imidazole rings is 1. The molecule has 0 fully saturated rings. The summed E-state index contributed by atoms with van der Waals surface area (Å²) in [7, 11) is 0. The van der Waals surface area contributed by atoms with Crippen LogP contribution in [0.4, 0.5) is 0 Å². The van der Waals surface area contributed by atoms with Gasteiger partial charge in [0, 0.05) is 18.9 Å². The van der Waals surface area contributed by atoms with Crippen molar-refractivity contribution in [3.63, 3.8) is 0 Å². The second kappa shape index (κ2) is 4.16. The molecule has 0 saturated heterocycles. The van der Waals surface area contributed by atoms with Gasteiger partial charge in [-0.2, -0.15) is 9.83 Å². The van der Waals surface area contributed by atoms with E-state index in [0.717, 1.165) is 29.7 Å². The van der Waals surface area contributed by atoms with E-state index in [1.165, 1.54) is 6.20 Å². The van der Waals surface area contributed by atoms with Crippen molar-refractivity contribution in [2.75, 3.05) is 0 Å². The minimum absolute atomic E-state index is 0.526. The third kappa shape index (κ3) is 2.01. The maximum absolute atomic E-state index is 9.41. The van der Waals surface area contributed by atoms with Crippen molar-refractivity contribution < 1.29 is 5.21 Å². The summed E-state index contributed by atoms with van der Waals surface area (Å²) in [4.78, 5) is 4.04. The Kier molecular flexibility index (Phi) is 2.71. The molecule has 0 aliphatic rings. The van der Waals surface area contributed by atoms with Gasteiger partial charge >= 0.3 is 0 Å². The highest BCUT2D eigenvalue weighted by atomic mass is 16.5. The Balaban J connectivity index is 2.17. The maximum atomic E-state index is 9.41. The van der Waals surface area contributed by atoms with Crippen molar-refractivity contribution >= 4 is 0 Å². The van der Waals surface area contributed by atoms with E-state index in [0.29, 0.717) is 5.82 Å². The zero-order valence-electron chi connectivity index (χ0n) is 8.67. The molecule has 2 heterocycles. The molecule has 0 amide bonds. The van der Waals surface area contributed by atoms with E-state index in [2.05, 4.69) is 17.0 Å². The lowest BCUT2D eigenvalue weighted by Crippen LogP contribution is -1.97. The van der Waals surface area contributed by atoms with Crippen LogP contribution in [0.2, 0.25) is 0 Å². The van der Waals surface area contributed by atoms with Gasteiger partial charge in [-0.3, -0.25) is 4.68 Å². The molecule has 0 radical (unpaired) electrons. The summed E-state index contributed by atoms with van der Waals surface area (Å²) in [6, 6.07) is 0. The molecule has 5 heteroatoms. The number of hydrogen-bond donors (Lipinski definition) is 1. The number of rotatable bonds is 4. The SMILES string of the molecule is CCCCn1cc(-c2nccn2O)cn1. The van der Waals surface area contributed by atoms with E-state index in [-0.39, 0.29) is 0 Å². The monoisotopic (exact) mass is 206 g/mol. The second-order valence-corrected chi connectivity index (χ2v) is 3.44. The molecule has 2 rings (SSSR count). The number of hydrogen-bond acceptors (Lipinski definition) is 3. The quantitative estimate of drug-likeness (QED) is 0.776. The van der Waals surface area contributed by atoms with Gasteiger partial charge in [0.1, 0.15) is 0 Å². The van der Waals surface area contributed by atoms with E-state index in [1.54, 1.807) is 12.4 Å². The molecule has 2 aromatic heterocycles. The first-order valence-electron chi connectivity index (χ1n) is 5.06. The van der Waals surface area contributed by atoms with Crippen molar-refractivity contribution in [1.82, 2.24) is 19.5 Å². The highest BCUT2D eigenvalue weighted by Gasteiger charge is 2.07. The molecule has 0 saturated carbocycles. The van der Waals surface area contributed by atoms with Crippen LogP contribution in [-0.2, 0) is 6.54 Å². The molecule has 5 nitrogen and oxygen atoms in total. The molecule has 0 aliphatic carbocycles. The van der Waals surface area contributed by atoms with Crippen LogP contribution in [0.5, 0.6) is 0 Å². The molecule has 0 aromatic carbocycles. The molecule has 0 bridgehead atoms. The van der Waals surface area contributed by atoms with E-state index in [1.807, 2.05) is 10.9 Å². The fraction of sp³-hybridized carbons (Fsp3) is 0.400. The molecular formula is C10H14N4O. The Morgan fingerprint density at radius 2 is 2.33 bits per heavy atom. The Morgan fingerprint density at radius 1 is 1.47 bits per heavy atom. The Labute approximate surface area is 87.9 Å². The van der Waals surface area contributed by atoms with Crippen LogP contribution in [0.15, 0.2) is 24.8 Å². The van der Waals surface area contributed by atoms with Gasteiger partial charge in [0.15, 0.2) is 5.82 Å². The lowest BCUT2D eigenvalue weighted by molar-refractivity contribution is 0.191. The third-order valence-electron chi connectivity index (χ3n) is 2.25. The smallest absolute Gasteiger partial charge is 0.178 e. The summed E-state index contributed by atoms with van der Waals surface area (Å²) in [5.74, 6) is 0.526. The van der Waals surface area contributed by atoms with Crippen molar-refractivity contribution in [1.29, 1.82) is 0 Å². The molecule has 80 valence electrons. The average molecular weight is 206 g/mol. The summed E-state index contributed by atoms with van der Waals surface area (Å²) < 4.78 is 2.87.